The van der Waals surface area contributed by atoms with Gasteiger partial charge in [-0.25, -0.2) is 9.97 Å². The van der Waals surface area contributed by atoms with E-state index in [0.29, 0.717) is 23.3 Å². The molecule has 126 valence electrons. The highest BCUT2D eigenvalue weighted by molar-refractivity contribution is 5.93. The van der Waals surface area contributed by atoms with Crippen molar-refractivity contribution >= 4 is 17.4 Å². The summed E-state index contributed by atoms with van der Waals surface area (Å²) < 4.78 is 0. The van der Waals surface area contributed by atoms with Crippen molar-refractivity contribution in [1.82, 2.24) is 14.9 Å². The number of aryl methyl sites for hydroxylation is 2. The van der Waals surface area contributed by atoms with E-state index in [1.807, 2.05) is 43.0 Å². The molecule has 2 aromatic rings. The summed E-state index contributed by atoms with van der Waals surface area (Å²) in [5, 5.41) is 3.30. The van der Waals surface area contributed by atoms with Crippen molar-refractivity contribution in [2.24, 2.45) is 5.92 Å². The number of benzene rings is 1. The number of likely N-dealkylation sites (tertiary alicyclic amines) is 1. The van der Waals surface area contributed by atoms with Crippen LogP contribution in [0.15, 0.2) is 30.3 Å². The molecule has 1 saturated heterocycles. The van der Waals surface area contributed by atoms with Gasteiger partial charge in [-0.15, -0.1) is 0 Å². The molecule has 0 radical (unpaired) electrons. The number of amides is 1. The van der Waals surface area contributed by atoms with Crippen molar-refractivity contribution < 1.29 is 4.79 Å². The molecular weight excluding hydrogens is 300 g/mol. The quantitative estimate of drug-likeness (QED) is 0.935. The lowest BCUT2D eigenvalue weighted by molar-refractivity contribution is 0.0676. The Morgan fingerprint density at radius 2 is 2.04 bits per heavy atom. The first-order chi connectivity index (χ1) is 11.5. The number of anilines is 2. The van der Waals surface area contributed by atoms with Crippen LogP contribution in [0.2, 0.25) is 0 Å². The van der Waals surface area contributed by atoms with Gasteiger partial charge in [0.05, 0.1) is 0 Å². The molecule has 1 aromatic heterocycles. The van der Waals surface area contributed by atoms with E-state index in [1.54, 1.807) is 6.07 Å². The SMILES string of the molecule is Cc1nc(Nc2ccccc2C)cc(C(=O)N2CCCC(C)C2)n1. The monoisotopic (exact) mass is 324 g/mol. The Bertz CT molecular complexity index is 744. The van der Waals surface area contributed by atoms with Crippen LogP contribution in [0.5, 0.6) is 0 Å². The van der Waals surface area contributed by atoms with Crippen molar-refractivity contribution in [3.63, 3.8) is 0 Å². The van der Waals surface area contributed by atoms with Crippen LogP contribution in [0, 0.1) is 19.8 Å². The minimum atomic E-state index is -0.000108. The lowest BCUT2D eigenvalue weighted by Crippen LogP contribution is -2.39. The Labute approximate surface area is 143 Å². The number of hydrogen-bond acceptors (Lipinski definition) is 4. The van der Waals surface area contributed by atoms with Crippen LogP contribution in [0.3, 0.4) is 0 Å². The molecule has 0 aliphatic carbocycles. The molecular formula is C19H24N4O. The zero-order chi connectivity index (χ0) is 17.1. The van der Waals surface area contributed by atoms with Gasteiger partial charge in [0.2, 0.25) is 0 Å². The van der Waals surface area contributed by atoms with Gasteiger partial charge in [0, 0.05) is 24.8 Å². The third-order valence-electron chi connectivity index (χ3n) is 4.41. The smallest absolute Gasteiger partial charge is 0.272 e. The van der Waals surface area contributed by atoms with E-state index in [1.165, 1.54) is 6.42 Å². The molecule has 1 N–H and O–H groups in total. The summed E-state index contributed by atoms with van der Waals surface area (Å²) in [7, 11) is 0. The van der Waals surface area contributed by atoms with Crippen molar-refractivity contribution in [1.29, 1.82) is 0 Å². The third-order valence-corrected chi connectivity index (χ3v) is 4.41. The highest BCUT2D eigenvalue weighted by Gasteiger charge is 2.23. The first kappa shape index (κ1) is 16.4. The van der Waals surface area contributed by atoms with E-state index in [4.69, 9.17) is 0 Å². The molecule has 1 atom stereocenters. The number of para-hydroxylation sites is 1. The fourth-order valence-corrected chi connectivity index (χ4v) is 3.13. The zero-order valence-corrected chi connectivity index (χ0v) is 14.5. The Balaban J connectivity index is 1.83. The summed E-state index contributed by atoms with van der Waals surface area (Å²) >= 11 is 0. The Morgan fingerprint density at radius 3 is 2.79 bits per heavy atom. The fourth-order valence-electron chi connectivity index (χ4n) is 3.13. The lowest BCUT2D eigenvalue weighted by Gasteiger charge is -2.30. The molecule has 0 bridgehead atoms. The number of carbonyl (C=O) groups excluding carboxylic acids is 1. The highest BCUT2D eigenvalue weighted by Crippen LogP contribution is 2.21. The van der Waals surface area contributed by atoms with E-state index in [-0.39, 0.29) is 5.91 Å². The Hall–Kier alpha value is -2.43. The molecule has 0 spiro atoms. The van der Waals surface area contributed by atoms with E-state index in [2.05, 4.69) is 22.2 Å². The molecule has 2 heterocycles. The first-order valence-corrected chi connectivity index (χ1v) is 8.50. The van der Waals surface area contributed by atoms with Gasteiger partial charge in [0.15, 0.2) is 0 Å². The summed E-state index contributed by atoms with van der Waals surface area (Å²) in [4.78, 5) is 23.5. The van der Waals surface area contributed by atoms with Crippen molar-refractivity contribution in [3.8, 4) is 0 Å². The molecule has 5 heteroatoms. The number of carbonyl (C=O) groups is 1. The zero-order valence-electron chi connectivity index (χ0n) is 14.5. The van der Waals surface area contributed by atoms with Crippen molar-refractivity contribution in [3.05, 3.63) is 47.4 Å². The molecule has 1 aromatic carbocycles. The van der Waals surface area contributed by atoms with Gasteiger partial charge < -0.3 is 10.2 Å². The maximum Gasteiger partial charge on any atom is 0.272 e. The minimum Gasteiger partial charge on any atom is -0.340 e. The largest absolute Gasteiger partial charge is 0.340 e. The molecule has 1 amide bonds. The number of piperidine rings is 1. The first-order valence-electron chi connectivity index (χ1n) is 8.50. The number of aromatic nitrogens is 2. The van der Waals surface area contributed by atoms with Crippen LogP contribution in [-0.2, 0) is 0 Å². The van der Waals surface area contributed by atoms with Crippen LogP contribution in [0.25, 0.3) is 0 Å². The normalized spacial score (nSPS) is 17.6. The summed E-state index contributed by atoms with van der Waals surface area (Å²) in [6.07, 6.45) is 2.25. The predicted octanol–water partition coefficient (Wildman–Crippen LogP) is 3.71. The molecule has 24 heavy (non-hydrogen) atoms. The van der Waals surface area contributed by atoms with E-state index < -0.39 is 0 Å². The Morgan fingerprint density at radius 1 is 1.25 bits per heavy atom. The van der Waals surface area contributed by atoms with Gasteiger partial charge in [-0.3, -0.25) is 4.79 Å². The standard InChI is InChI=1S/C19H24N4O/c1-13-7-6-10-23(12-13)19(24)17-11-18(21-15(3)20-17)22-16-9-5-4-8-14(16)2/h4-5,8-9,11,13H,6-7,10,12H2,1-3H3,(H,20,21,22). The highest BCUT2D eigenvalue weighted by atomic mass is 16.2. The van der Waals surface area contributed by atoms with Crippen molar-refractivity contribution in [2.75, 3.05) is 18.4 Å². The Kier molecular flexibility index (Phi) is 4.79. The van der Waals surface area contributed by atoms with Crippen LogP contribution >= 0.6 is 0 Å². The van der Waals surface area contributed by atoms with E-state index >= 15 is 0 Å². The number of nitrogens with zero attached hydrogens (tertiary/aromatic N) is 3. The third kappa shape index (κ3) is 3.72. The fraction of sp³-hybridized carbons (Fsp3) is 0.421. The summed E-state index contributed by atoms with van der Waals surface area (Å²) in [5.74, 6) is 1.81. The number of nitrogens with one attached hydrogen (secondary N) is 1. The number of rotatable bonds is 3. The van der Waals surface area contributed by atoms with Crippen LogP contribution in [0.4, 0.5) is 11.5 Å². The van der Waals surface area contributed by atoms with Crippen LogP contribution in [0.1, 0.15) is 41.6 Å². The molecule has 0 saturated carbocycles. The van der Waals surface area contributed by atoms with Gasteiger partial charge in [-0.2, -0.15) is 0 Å². The van der Waals surface area contributed by atoms with Gasteiger partial charge in [-0.1, -0.05) is 25.1 Å². The molecule has 1 fully saturated rings. The van der Waals surface area contributed by atoms with E-state index in [9.17, 15) is 4.79 Å². The molecule has 5 nitrogen and oxygen atoms in total. The summed E-state index contributed by atoms with van der Waals surface area (Å²) in [6, 6.07) is 9.77. The summed E-state index contributed by atoms with van der Waals surface area (Å²) in [5.41, 5.74) is 2.58. The molecule has 1 aliphatic heterocycles. The van der Waals surface area contributed by atoms with Crippen LogP contribution in [-0.4, -0.2) is 33.9 Å². The maximum atomic E-state index is 12.8. The van der Waals surface area contributed by atoms with Crippen molar-refractivity contribution in [2.45, 2.75) is 33.6 Å². The van der Waals surface area contributed by atoms with Gasteiger partial charge >= 0.3 is 0 Å². The molecule has 3 rings (SSSR count). The predicted molar refractivity (Wildman–Crippen MR) is 95.5 cm³/mol. The lowest BCUT2D eigenvalue weighted by atomic mass is 10.00. The average molecular weight is 324 g/mol. The average Bonchev–Trinajstić information content (AvgIpc) is 2.56. The molecule has 1 unspecified atom stereocenters. The maximum absolute atomic E-state index is 12.8. The minimum absolute atomic E-state index is 0.000108. The second-order valence-corrected chi connectivity index (χ2v) is 6.62. The summed E-state index contributed by atoms with van der Waals surface area (Å²) in [6.45, 7) is 7.67. The van der Waals surface area contributed by atoms with Gasteiger partial charge in [0.25, 0.3) is 5.91 Å². The van der Waals surface area contributed by atoms with E-state index in [0.717, 1.165) is 30.8 Å². The molecule has 1 aliphatic rings. The number of hydrogen-bond donors (Lipinski definition) is 1. The van der Waals surface area contributed by atoms with Gasteiger partial charge in [-0.05, 0) is 44.2 Å². The topological polar surface area (TPSA) is 58.1 Å². The van der Waals surface area contributed by atoms with Gasteiger partial charge in [0.1, 0.15) is 17.3 Å². The van der Waals surface area contributed by atoms with Crippen LogP contribution < -0.4 is 5.32 Å². The second kappa shape index (κ2) is 6.99. The second-order valence-electron chi connectivity index (χ2n) is 6.62.